The minimum atomic E-state index is -1.01. The first-order chi connectivity index (χ1) is 14.2. The Morgan fingerprint density at radius 2 is 1.59 bits per heavy atom. The first-order valence-corrected chi connectivity index (χ1v) is 9.74. The van der Waals surface area contributed by atoms with E-state index >= 15 is 0 Å². The number of carbonyl (C=O) groups excluding carboxylic acids is 2. The van der Waals surface area contributed by atoms with Crippen LogP contribution in [0.5, 0.6) is 0 Å². The molecule has 0 saturated heterocycles. The lowest BCUT2D eigenvalue weighted by Gasteiger charge is -2.11. The molecule has 0 amide bonds. The number of nitriles is 1. The van der Waals surface area contributed by atoms with E-state index in [-0.39, 0.29) is 11.6 Å². The zero-order chi connectivity index (χ0) is 20.2. The van der Waals surface area contributed by atoms with Gasteiger partial charge >= 0.3 is 0 Å². The summed E-state index contributed by atoms with van der Waals surface area (Å²) in [5.41, 5.74) is 1.47. The SMILES string of the molecule is N#CC(C(=O)c1ccc(C(=O)c2ccccc2)cc1)c1nnc2n1CCCCC2. The van der Waals surface area contributed by atoms with E-state index in [1.807, 2.05) is 22.8 Å². The Morgan fingerprint density at radius 1 is 0.897 bits per heavy atom. The second kappa shape index (κ2) is 8.19. The molecule has 0 radical (unpaired) electrons. The number of hydrogen-bond donors (Lipinski definition) is 0. The van der Waals surface area contributed by atoms with Crippen molar-refractivity contribution in [2.24, 2.45) is 0 Å². The van der Waals surface area contributed by atoms with Gasteiger partial charge in [0.05, 0.1) is 6.07 Å². The van der Waals surface area contributed by atoms with Crippen LogP contribution in [0.2, 0.25) is 0 Å². The van der Waals surface area contributed by atoms with Crippen molar-refractivity contribution in [3.63, 3.8) is 0 Å². The molecule has 1 aliphatic rings. The zero-order valence-corrected chi connectivity index (χ0v) is 15.9. The van der Waals surface area contributed by atoms with Crippen LogP contribution < -0.4 is 0 Å². The predicted molar refractivity (Wildman–Crippen MR) is 107 cm³/mol. The van der Waals surface area contributed by atoms with Gasteiger partial charge in [-0.15, -0.1) is 10.2 Å². The fourth-order valence-corrected chi connectivity index (χ4v) is 3.66. The zero-order valence-electron chi connectivity index (χ0n) is 15.9. The molecule has 4 rings (SSSR count). The van der Waals surface area contributed by atoms with Crippen LogP contribution in [-0.4, -0.2) is 26.3 Å². The van der Waals surface area contributed by atoms with E-state index in [1.54, 1.807) is 36.4 Å². The van der Waals surface area contributed by atoms with Crippen LogP contribution in [0.25, 0.3) is 0 Å². The summed E-state index contributed by atoms with van der Waals surface area (Å²) in [7, 11) is 0. The van der Waals surface area contributed by atoms with Crippen LogP contribution in [0, 0.1) is 11.3 Å². The third kappa shape index (κ3) is 3.72. The molecule has 3 aromatic rings. The number of hydrogen-bond acceptors (Lipinski definition) is 5. The molecule has 1 aliphatic heterocycles. The van der Waals surface area contributed by atoms with Gasteiger partial charge in [0.25, 0.3) is 0 Å². The normalized spacial score (nSPS) is 14.3. The summed E-state index contributed by atoms with van der Waals surface area (Å²) in [6.45, 7) is 0.730. The highest BCUT2D eigenvalue weighted by molar-refractivity contribution is 6.09. The quantitative estimate of drug-likeness (QED) is 0.626. The lowest BCUT2D eigenvalue weighted by atomic mass is 9.95. The Bertz CT molecular complexity index is 1080. The minimum absolute atomic E-state index is 0.107. The maximum Gasteiger partial charge on any atom is 0.193 e. The molecular formula is C23H20N4O2. The van der Waals surface area contributed by atoms with Crippen LogP contribution >= 0.6 is 0 Å². The van der Waals surface area contributed by atoms with Gasteiger partial charge in [-0.05, 0) is 12.8 Å². The molecule has 144 valence electrons. The van der Waals surface area contributed by atoms with E-state index in [1.165, 1.54) is 0 Å². The summed E-state index contributed by atoms with van der Waals surface area (Å²) in [5.74, 6) is -0.187. The molecule has 0 N–H and O–H groups in total. The number of fused-ring (bicyclic) bond motifs is 1. The van der Waals surface area contributed by atoms with Crippen molar-refractivity contribution in [2.75, 3.05) is 0 Å². The number of aryl methyl sites for hydroxylation is 1. The lowest BCUT2D eigenvalue weighted by molar-refractivity contribution is 0.0972. The van der Waals surface area contributed by atoms with Crippen molar-refractivity contribution in [1.82, 2.24) is 14.8 Å². The first kappa shape index (κ1) is 18.8. The third-order valence-electron chi connectivity index (χ3n) is 5.26. The Labute approximate surface area is 168 Å². The molecule has 0 spiro atoms. The lowest BCUT2D eigenvalue weighted by Crippen LogP contribution is -2.17. The van der Waals surface area contributed by atoms with Crippen molar-refractivity contribution >= 4 is 11.6 Å². The summed E-state index contributed by atoms with van der Waals surface area (Å²) < 4.78 is 1.92. The topological polar surface area (TPSA) is 88.6 Å². The standard InChI is InChI=1S/C23H20N4O2/c24-15-19(23-26-25-20-9-5-2-6-14-27(20)23)22(29)18-12-10-17(11-13-18)21(28)16-7-3-1-4-8-16/h1,3-4,7-8,10-13,19H,2,5-6,9,14H2. The van der Waals surface area contributed by atoms with Gasteiger partial charge in [0.2, 0.25) is 0 Å². The van der Waals surface area contributed by atoms with Crippen molar-refractivity contribution in [2.45, 2.75) is 38.1 Å². The molecule has 1 aromatic heterocycles. The van der Waals surface area contributed by atoms with Gasteiger partial charge < -0.3 is 4.57 Å². The van der Waals surface area contributed by atoms with Gasteiger partial charge in [0.1, 0.15) is 5.82 Å². The Kier molecular flexibility index (Phi) is 5.30. The molecule has 2 aromatic carbocycles. The van der Waals surface area contributed by atoms with E-state index in [4.69, 9.17) is 0 Å². The molecule has 2 heterocycles. The molecule has 0 fully saturated rings. The van der Waals surface area contributed by atoms with Gasteiger partial charge in [-0.25, -0.2) is 0 Å². The predicted octanol–water partition coefficient (Wildman–Crippen LogP) is 3.73. The highest BCUT2D eigenvalue weighted by Gasteiger charge is 2.29. The van der Waals surface area contributed by atoms with E-state index in [0.29, 0.717) is 22.5 Å². The van der Waals surface area contributed by atoms with Gasteiger partial charge in [0, 0.05) is 29.7 Å². The van der Waals surface area contributed by atoms with Gasteiger partial charge in [-0.3, -0.25) is 9.59 Å². The average Bonchev–Trinajstić information content (AvgIpc) is 3.01. The molecule has 0 bridgehead atoms. The van der Waals surface area contributed by atoms with Crippen molar-refractivity contribution < 1.29 is 9.59 Å². The molecule has 29 heavy (non-hydrogen) atoms. The van der Waals surface area contributed by atoms with Crippen LogP contribution in [0.3, 0.4) is 0 Å². The summed E-state index contributed by atoms with van der Waals surface area (Å²) >= 11 is 0. The summed E-state index contributed by atoms with van der Waals surface area (Å²) in [6.07, 6.45) is 3.95. The number of Topliss-reactive ketones (excluding diaryl/α,β-unsaturated/α-hetero) is 1. The average molecular weight is 384 g/mol. The third-order valence-corrected chi connectivity index (χ3v) is 5.26. The van der Waals surface area contributed by atoms with Crippen LogP contribution in [0.15, 0.2) is 54.6 Å². The number of benzene rings is 2. The monoisotopic (exact) mass is 384 g/mol. The number of nitrogens with zero attached hydrogens (tertiary/aromatic N) is 4. The second-order valence-electron chi connectivity index (χ2n) is 7.14. The van der Waals surface area contributed by atoms with Crippen LogP contribution in [0.1, 0.15) is 63.1 Å². The van der Waals surface area contributed by atoms with Crippen molar-refractivity contribution in [1.29, 1.82) is 5.26 Å². The molecule has 1 atom stereocenters. The molecule has 6 nitrogen and oxygen atoms in total. The largest absolute Gasteiger partial charge is 0.313 e. The summed E-state index contributed by atoms with van der Waals surface area (Å²) in [6, 6.07) is 17.5. The van der Waals surface area contributed by atoms with E-state index in [2.05, 4.69) is 16.3 Å². The van der Waals surface area contributed by atoms with Gasteiger partial charge in [0.15, 0.2) is 23.3 Å². The van der Waals surface area contributed by atoms with Crippen LogP contribution in [-0.2, 0) is 13.0 Å². The molecular weight excluding hydrogens is 364 g/mol. The number of ketones is 2. The first-order valence-electron chi connectivity index (χ1n) is 9.74. The van der Waals surface area contributed by atoms with Gasteiger partial charge in [-0.2, -0.15) is 5.26 Å². The fourth-order valence-electron chi connectivity index (χ4n) is 3.66. The van der Waals surface area contributed by atoms with Crippen molar-refractivity contribution in [3.05, 3.63) is 82.9 Å². The Balaban J connectivity index is 1.58. The summed E-state index contributed by atoms with van der Waals surface area (Å²) in [5, 5.41) is 18.0. The molecule has 6 heteroatoms. The number of carbonyl (C=O) groups is 2. The second-order valence-corrected chi connectivity index (χ2v) is 7.14. The highest BCUT2D eigenvalue weighted by Crippen LogP contribution is 2.23. The fraction of sp³-hybridized carbons (Fsp3) is 0.261. The highest BCUT2D eigenvalue weighted by atomic mass is 16.1. The molecule has 0 saturated carbocycles. The van der Waals surface area contributed by atoms with E-state index in [9.17, 15) is 14.9 Å². The number of aromatic nitrogens is 3. The van der Waals surface area contributed by atoms with Gasteiger partial charge in [-0.1, -0.05) is 61.0 Å². The van der Waals surface area contributed by atoms with E-state index in [0.717, 1.165) is 38.1 Å². The Morgan fingerprint density at radius 3 is 2.31 bits per heavy atom. The summed E-state index contributed by atoms with van der Waals surface area (Å²) in [4.78, 5) is 25.5. The van der Waals surface area contributed by atoms with E-state index < -0.39 is 5.92 Å². The molecule has 0 aliphatic carbocycles. The smallest absolute Gasteiger partial charge is 0.193 e. The van der Waals surface area contributed by atoms with Crippen molar-refractivity contribution in [3.8, 4) is 6.07 Å². The minimum Gasteiger partial charge on any atom is -0.313 e. The maximum atomic E-state index is 13.0. The Hall–Kier alpha value is -3.59. The van der Waals surface area contributed by atoms with Crippen LogP contribution in [0.4, 0.5) is 0 Å². The number of rotatable bonds is 5. The maximum absolute atomic E-state index is 13.0. The molecule has 1 unspecified atom stereocenters.